The lowest BCUT2D eigenvalue weighted by atomic mass is 9.86. The minimum Gasteiger partial charge on any atom is -0.405 e. The first-order valence-electron chi connectivity index (χ1n) is 8.90. The van der Waals surface area contributed by atoms with E-state index < -0.39 is 6.36 Å². The van der Waals surface area contributed by atoms with Crippen LogP contribution in [0.4, 0.5) is 13.2 Å². The van der Waals surface area contributed by atoms with Gasteiger partial charge in [0, 0.05) is 24.2 Å². The molecular weight excluding hydrogens is 327 g/mol. The van der Waals surface area contributed by atoms with Gasteiger partial charge in [0.05, 0.1) is 0 Å². The van der Waals surface area contributed by atoms with Crippen LogP contribution in [0.1, 0.15) is 65.5 Å². The van der Waals surface area contributed by atoms with Crippen molar-refractivity contribution in [1.82, 2.24) is 4.90 Å². The molecule has 0 saturated heterocycles. The Hall–Kier alpha value is -1.23. The van der Waals surface area contributed by atoms with Crippen molar-refractivity contribution in [3.05, 3.63) is 29.3 Å². The molecule has 0 radical (unpaired) electrons. The first-order chi connectivity index (χ1) is 11.3. The van der Waals surface area contributed by atoms with Crippen LogP contribution in [0.5, 0.6) is 5.75 Å². The third-order valence-electron chi connectivity index (χ3n) is 4.64. The number of hydrogen-bond acceptors (Lipinski definition) is 2. The second-order valence-electron chi connectivity index (χ2n) is 9.12. The lowest BCUT2D eigenvalue weighted by Crippen LogP contribution is -2.42. The smallest absolute Gasteiger partial charge is 0.405 e. The summed E-state index contributed by atoms with van der Waals surface area (Å²) in [5.41, 5.74) is 1.07. The molecule has 1 saturated carbocycles. The molecule has 0 N–H and O–H groups in total. The number of alkyl halides is 3. The average Bonchev–Trinajstić information content (AvgIpc) is 3.19. The highest BCUT2D eigenvalue weighted by molar-refractivity contribution is 5.40. The summed E-state index contributed by atoms with van der Waals surface area (Å²) < 4.78 is 43.1. The normalized spacial score (nSPS) is 16.4. The van der Waals surface area contributed by atoms with Crippen molar-refractivity contribution in [2.75, 3.05) is 6.54 Å². The Balaban J connectivity index is 2.33. The molecule has 1 aliphatic carbocycles. The molecule has 1 aliphatic rings. The van der Waals surface area contributed by atoms with E-state index in [4.69, 9.17) is 0 Å². The van der Waals surface area contributed by atoms with Crippen LogP contribution in [-0.4, -0.2) is 23.3 Å². The fraction of sp³-hybridized carbons (Fsp3) is 0.700. The monoisotopic (exact) mass is 357 g/mol. The Labute approximate surface area is 149 Å². The Kier molecular flexibility index (Phi) is 5.48. The molecule has 2 rings (SSSR count). The molecule has 0 bridgehead atoms. The molecule has 0 heterocycles. The Bertz CT molecular complexity index is 592. The van der Waals surface area contributed by atoms with Crippen LogP contribution in [0.3, 0.4) is 0 Å². The summed E-state index contributed by atoms with van der Waals surface area (Å²) in [7, 11) is 0. The first-order valence-corrected chi connectivity index (χ1v) is 8.90. The number of benzene rings is 1. The molecule has 25 heavy (non-hydrogen) atoms. The van der Waals surface area contributed by atoms with Crippen molar-refractivity contribution in [2.45, 2.75) is 78.2 Å². The fourth-order valence-electron chi connectivity index (χ4n) is 2.76. The summed E-state index contributed by atoms with van der Waals surface area (Å²) in [5.74, 6) is 0.588. The molecule has 0 unspecified atom stereocenters. The molecule has 1 aromatic rings. The van der Waals surface area contributed by atoms with Crippen LogP contribution >= 0.6 is 0 Å². The summed E-state index contributed by atoms with van der Waals surface area (Å²) in [5, 5.41) is 0. The number of ether oxygens (including phenoxy) is 1. The topological polar surface area (TPSA) is 12.5 Å². The second-order valence-corrected chi connectivity index (χ2v) is 9.12. The molecule has 0 amide bonds. The number of halogens is 3. The van der Waals surface area contributed by atoms with Crippen LogP contribution in [-0.2, 0) is 12.0 Å². The van der Waals surface area contributed by atoms with E-state index in [0.717, 1.165) is 12.1 Å². The summed E-state index contributed by atoms with van der Waals surface area (Å²) in [6.07, 6.45) is -2.27. The van der Waals surface area contributed by atoms with Gasteiger partial charge in [0.25, 0.3) is 0 Å². The van der Waals surface area contributed by atoms with Gasteiger partial charge in [-0.15, -0.1) is 13.2 Å². The second kappa shape index (κ2) is 6.82. The van der Waals surface area contributed by atoms with Gasteiger partial charge in [-0.3, -0.25) is 4.90 Å². The third-order valence-corrected chi connectivity index (χ3v) is 4.64. The maximum absolute atomic E-state index is 12.9. The van der Waals surface area contributed by atoms with Gasteiger partial charge in [0.1, 0.15) is 5.75 Å². The maximum atomic E-state index is 12.9. The molecule has 0 atom stereocenters. The average molecular weight is 357 g/mol. The fourth-order valence-corrected chi connectivity index (χ4v) is 2.76. The minimum atomic E-state index is -4.69. The predicted octanol–water partition coefficient (Wildman–Crippen LogP) is 5.89. The van der Waals surface area contributed by atoms with Crippen molar-refractivity contribution < 1.29 is 17.9 Å². The standard InChI is InChI=1S/C20H30F3NO/c1-18(2,3)16-10-9-15(17(11-16)25-20(21,22)23)13-24(19(4,5)6)12-14-7-8-14/h9-11,14H,7-8,12-13H2,1-6H3. The van der Waals surface area contributed by atoms with E-state index in [-0.39, 0.29) is 16.7 Å². The van der Waals surface area contributed by atoms with Gasteiger partial charge in [-0.25, -0.2) is 0 Å². The van der Waals surface area contributed by atoms with Gasteiger partial charge >= 0.3 is 6.36 Å². The lowest BCUT2D eigenvalue weighted by Gasteiger charge is -2.36. The molecule has 142 valence electrons. The molecule has 1 fully saturated rings. The highest BCUT2D eigenvalue weighted by Crippen LogP contribution is 2.36. The number of nitrogens with zero attached hydrogens (tertiary/aromatic N) is 1. The predicted molar refractivity (Wildman–Crippen MR) is 94.7 cm³/mol. The molecule has 0 aliphatic heterocycles. The number of rotatable bonds is 5. The Morgan fingerprint density at radius 2 is 1.64 bits per heavy atom. The lowest BCUT2D eigenvalue weighted by molar-refractivity contribution is -0.275. The summed E-state index contributed by atoms with van der Waals surface area (Å²) >= 11 is 0. The van der Waals surface area contributed by atoms with Crippen LogP contribution in [0.25, 0.3) is 0 Å². The zero-order valence-electron chi connectivity index (χ0n) is 16.1. The van der Waals surface area contributed by atoms with Crippen molar-refractivity contribution in [1.29, 1.82) is 0 Å². The van der Waals surface area contributed by atoms with E-state index in [1.54, 1.807) is 12.1 Å². The van der Waals surface area contributed by atoms with Crippen molar-refractivity contribution in [3.63, 3.8) is 0 Å². The van der Waals surface area contributed by atoms with Gasteiger partial charge in [0.15, 0.2) is 0 Å². The van der Waals surface area contributed by atoms with Gasteiger partial charge in [-0.2, -0.15) is 0 Å². The highest BCUT2D eigenvalue weighted by Gasteiger charge is 2.34. The van der Waals surface area contributed by atoms with E-state index in [9.17, 15) is 13.2 Å². The van der Waals surface area contributed by atoms with Gasteiger partial charge < -0.3 is 4.74 Å². The number of hydrogen-bond donors (Lipinski definition) is 0. The van der Waals surface area contributed by atoms with Crippen LogP contribution < -0.4 is 4.74 Å². The summed E-state index contributed by atoms with van der Waals surface area (Å²) in [6.45, 7) is 13.6. The molecule has 1 aromatic carbocycles. The molecular formula is C20H30F3NO. The van der Waals surface area contributed by atoms with Crippen LogP contribution in [0.15, 0.2) is 18.2 Å². The zero-order chi connectivity index (χ0) is 19.0. The first kappa shape index (κ1) is 20.1. The maximum Gasteiger partial charge on any atom is 0.573 e. The minimum absolute atomic E-state index is 0.0787. The van der Waals surface area contributed by atoms with Crippen molar-refractivity contribution in [3.8, 4) is 5.75 Å². The SMILES string of the molecule is CC(C)(C)c1ccc(CN(CC2CC2)C(C)(C)C)c(OC(F)(F)F)c1. The molecule has 0 spiro atoms. The van der Waals surface area contributed by atoms with Crippen LogP contribution in [0, 0.1) is 5.92 Å². The van der Waals surface area contributed by atoms with Gasteiger partial charge in [-0.05, 0) is 56.6 Å². The van der Waals surface area contributed by atoms with Gasteiger partial charge in [0.2, 0.25) is 0 Å². The molecule has 5 heteroatoms. The Morgan fingerprint density at radius 3 is 2.08 bits per heavy atom. The highest BCUT2D eigenvalue weighted by atomic mass is 19.4. The molecule has 2 nitrogen and oxygen atoms in total. The van der Waals surface area contributed by atoms with Crippen LogP contribution in [0.2, 0.25) is 0 Å². The molecule has 0 aromatic heterocycles. The summed E-state index contributed by atoms with van der Waals surface area (Å²) in [6, 6.07) is 5.24. The summed E-state index contributed by atoms with van der Waals surface area (Å²) in [4.78, 5) is 2.25. The van der Waals surface area contributed by atoms with Crippen molar-refractivity contribution >= 4 is 0 Å². The van der Waals surface area contributed by atoms with E-state index in [2.05, 4.69) is 30.4 Å². The van der Waals surface area contributed by atoms with Gasteiger partial charge in [-0.1, -0.05) is 32.9 Å². The quantitative estimate of drug-likeness (QED) is 0.651. The van der Waals surface area contributed by atoms with E-state index >= 15 is 0 Å². The van der Waals surface area contributed by atoms with E-state index in [0.29, 0.717) is 18.0 Å². The third kappa shape index (κ3) is 6.21. The van der Waals surface area contributed by atoms with E-state index in [1.807, 2.05) is 26.8 Å². The largest absolute Gasteiger partial charge is 0.573 e. The van der Waals surface area contributed by atoms with Crippen molar-refractivity contribution in [2.24, 2.45) is 5.92 Å². The van der Waals surface area contributed by atoms with E-state index in [1.165, 1.54) is 12.8 Å². The zero-order valence-corrected chi connectivity index (χ0v) is 16.1. The Morgan fingerprint density at radius 1 is 1.04 bits per heavy atom.